The molecule has 2 rings (SSSR count). The van der Waals surface area contributed by atoms with Gasteiger partial charge in [0, 0.05) is 17.2 Å². The molecule has 1 aromatic heterocycles. The first-order valence-corrected chi connectivity index (χ1v) is 5.78. The summed E-state index contributed by atoms with van der Waals surface area (Å²) in [4.78, 5) is 9.24. The molecule has 84 valence electrons. The molecule has 0 aliphatic carbocycles. The molecule has 2 heteroatoms. The van der Waals surface area contributed by atoms with Crippen LogP contribution in [0.1, 0.15) is 39.2 Å². The Bertz CT molecular complexity index is 510. The average molecular weight is 214 g/mol. The number of aromatic nitrogens is 2. The Morgan fingerprint density at radius 2 is 1.75 bits per heavy atom. The van der Waals surface area contributed by atoms with Crippen molar-refractivity contribution in [3.05, 3.63) is 35.8 Å². The maximum absolute atomic E-state index is 4.68. The van der Waals surface area contributed by atoms with Gasteiger partial charge in [-0.2, -0.15) is 0 Å². The number of benzene rings is 1. The summed E-state index contributed by atoms with van der Waals surface area (Å²) >= 11 is 0. The number of hydrogen-bond donors (Lipinski definition) is 0. The Hall–Kier alpha value is -1.44. The standard InChI is InChI=1S/C14H18N2/c1-5-12-15-11-9-7-6-8-10(11)13(16-12)14(2,3)4/h6-9H,5H2,1-4H3. The minimum absolute atomic E-state index is 0.0620. The topological polar surface area (TPSA) is 25.8 Å². The second-order valence-corrected chi connectivity index (χ2v) is 5.11. The zero-order valence-corrected chi connectivity index (χ0v) is 10.4. The van der Waals surface area contributed by atoms with Crippen LogP contribution in [0.15, 0.2) is 24.3 Å². The summed E-state index contributed by atoms with van der Waals surface area (Å²) in [6, 6.07) is 8.24. The first kappa shape index (κ1) is 11.1. The number of aryl methyl sites for hydroxylation is 1. The molecule has 0 radical (unpaired) electrons. The van der Waals surface area contributed by atoms with Gasteiger partial charge in [-0.1, -0.05) is 45.9 Å². The van der Waals surface area contributed by atoms with Crippen molar-refractivity contribution in [3.8, 4) is 0 Å². The molecule has 0 spiro atoms. The first-order chi connectivity index (χ1) is 7.52. The van der Waals surface area contributed by atoms with Crippen LogP contribution in [0.3, 0.4) is 0 Å². The van der Waals surface area contributed by atoms with Crippen molar-refractivity contribution >= 4 is 10.9 Å². The lowest BCUT2D eigenvalue weighted by Gasteiger charge is -2.20. The predicted octanol–water partition coefficient (Wildman–Crippen LogP) is 3.49. The van der Waals surface area contributed by atoms with Gasteiger partial charge in [-0.25, -0.2) is 9.97 Å². The van der Waals surface area contributed by atoms with E-state index in [-0.39, 0.29) is 5.41 Å². The lowest BCUT2D eigenvalue weighted by atomic mass is 9.89. The highest BCUT2D eigenvalue weighted by molar-refractivity contribution is 5.81. The number of nitrogens with zero attached hydrogens (tertiary/aromatic N) is 2. The second-order valence-electron chi connectivity index (χ2n) is 5.11. The number of fused-ring (bicyclic) bond motifs is 1. The monoisotopic (exact) mass is 214 g/mol. The molecule has 0 saturated carbocycles. The normalized spacial score (nSPS) is 12.0. The number of rotatable bonds is 1. The highest BCUT2D eigenvalue weighted by atomic mass is 14.9. The summed E-state index contributed by atoms with van der Waals surface area (Å²) in [5.74, 6) is 0.934. The molecule has 16 heavy (non-hydrogen) atoms. The quantitative estimate of drug-likeness (QED) is 0.726. The Kier molecular flexibility index (Phi) is 2.66. The van der Waals surface area contributed by atoms with Crippen LogP contribution in [0.25, 0.3) is 10.9 Å². The Morgan fingerprint density at radius 1 is 1.06 bits per heavy atom. The van der Waals surface area contributed by atoms with Crippen molar-refractivity contribution in [2.75, 3.05) is 0 Å². The third-order valence-electron chi connectivity index (χ3n) is 2.68. The molecule has 0 amide bonds. The average Bonchev–Trinajstić information content (AvgIpc) is 2.26. The van der Waals surface area contributed by atoms with E-state index in [0.717, 1.165) is 23.5 Å². The highest BCUT2D eigenvalue weighted by Gasteiger charge is 2.19. The fourth-order valence-electron chi connectivity index (χ4n) is 1.85. The van der Waals surface area contributed by atoms with Gasteiger partial charge in [0.1, 0.15) is 5.82 Å². The van der Waals surface area contributed by atoms with Crippen LogP contribution >= 0.6 is 0 Å². The lowest BCUT2D eigenvalue weighted by molar-refractivity contribution is 0.570. The third-order valence-corrected chi connectivity index (χ3v) is 2.68. The molecule has 0 fully saturated rings. The Labute approximate surface area is 96.7 Å². The summed E-state index contributed by atoms with van der Waals surface area (Å²) < 4.78 is 0. The van der Waals surface area contributed by atoms with Crippen molar-refractivity contribution < 1.29 is 0 Å². The van der Waals surface area contributed by atoms with Gasteiger partial charge in [0.2, 0.25) is 0 Å². The first-order valence-electron chi connectivity index (χ1n) is 5.78. The van der Waals surface area contributed by atoms with Gasteiger partial charge >= 0.3 is 0 Å². The number of para-hydroxylation sites is 1. The molecule has 0 N–H and O–H groups in total. The van der Waals surface area contributed by atoms with E-state index in [2.05, 4.69) is 49.8 Å². The van der Waals surface area contributed by atoms with Crippen molar-refractivity contribution in [3.63, 3.8) is 0 Å². The summed E-state index contributed by atoms with van der Waals surface area (Å²) in [7, 11) is 0. The second kappa shape index (κ2) is 3.85. The molecule has 0 bridgehead atoms. The molecule has 0 atom stereocenters. The fourth-order valence-corrected chi connectivity index (χ4v) is 1.85. The molecule has 1 aromatic carbocycles. The smallest absolute Gasteiger partial charge is 0.129 e. The minimum Gasteiger partial charge on any atom is -0.237 e. The van der Waals surface area contributed by atoms with E-state index < -0.39 is 0 Å². The van der Waals surface area contributed by atoms with Crippen molar-refractivity contribution in [1.29, 1.82) is 0 Å². The maximum Gasteiger partial charge on any atom is 0.129 e. The van der Waals surface area contributed by atoms with E-state index >= 15 is 0 Å². The summed E-state index contributed by atoms with van der Waals surface area (Å²) in [5.41, 5.74) is 2.26. The van der Waals surface area contributed by atoms with Crippen LogP contribution in [0.4, 0.5) is 0 Å². The molecular formula is C14H18N2. The van der Waals surface area contributed by atoms with Gasteiger partial charge in [-0.3, -0.25) is 0 Å². The Morgan fingerprint density at radius 3 is 2.38 bits per heavy atom. The minimum atomic E-state index is 0.0620. The molecule has 0 saturated heterocycles. The van der Waals surface area contributed by atoms with Crippen molar-refractivity contribution in [1.82, 2.24) is 9.97 Å². The zero-order valence-electron chi connectivity index (χ0n) is 10.4. The van der Waals surface area contributed by atoms with E-state index in [0.29, 0.717) is 0 Å². The van der Waals surface area contributed by atoms with Gasteiger partial charge in [-0.05, 0) is 6.07 Å². The summed E-state index contributed by atoms with van der Waals surface area (Å²) in [6.07, 6.45) is 0.883. The van der Waals surface area contributed by atoms with Crippen LogP contribution in [-0.2, 0) is 11.8 Å². The van der Waals surface area contributed by atoms with Crippen molar-refractivity contribution in [2.45, 2.75) is 39.5 Å². The van der Waals surface area contributed by atoms with E-state index in [1.54, 1.807) is 0 Å². The predicted molar refractivity (Wildman–Crippen MR) is 67.6 cm³/mol. The van der Waals surface area contributed by atoms with E-state index in [1.165, 1.54) is 5.39 Å². The molecule has 0 aliphatic rings. The maximum atomic E-state index is 4.68. The van der Waals surface area contributed by atoms with Gasteiger partial charge in [0.25, 0.3) is 0 Å². The van der Waals surface area contributed by atoms with E-state index in [4.69, 9.17) is 0 Å². The molecule has 0 aliphatic heterocycles. The third kappa shape index (κ3) is 1.92. The summed E-state index contributed by atoms with van der Waals surface area (Å²) in [5, 5.41) is 1.17. The van der Waals surface area contributed by atoms with Gasteiger partial charge in [0.05, 0.1) is 11.2 Å². The van der Waals surface area contributed by atoms with Crippen LogP contribution < -0.4 is 0 Å². The molecular weight excluding hydrogens is 196 g/mol. The van der Waals surface area contributed by atoms with Crippen LogP contribution in [0.5, 0.6) is 0 Å². The largest absolute Gasteiger partial charge is 0.237 e. The number of hydrogen-bond acceptors (Lipinski definition) is 2. The molecule has 1 heterocycles. The summed E-state index contributed by atoms with van der Waals surface area (Å²) in [6.45, 7) is 8.68. The molecule has 2 aromatic rings. The fraction of sp³-hybridized carbons (Fsp3) is 0.429. The van der Waals surface area contributed by atoms with Crippen molar-refractivity contribution in [2.24, 2.45) is 0 Å². The van der Waals surface area contributed by atoms with Crippen LogP contribution in [-0.4, -0.2) is 9.97 Å². The van der Waals surface area contributed by atoms with E-state index in [9.17, 15) is 0 Å². The van der Waals surface area contributed by atoms with Crippen LogP contribution in [0, 0.1) is 0 Å². The van der Waals surface area contributed by atoms with Gasteiger partial charge in [-0.15, -0.1) is 0 Å². The highest BCUT2D eigenvalue weighted by Crippen LogP contribution is 2.27. The Balaban J connectivity index is 2.79. The molecule has 2 nitrogen and oxygen atoms in total. The van der Waals surface area contributed by atoms with E-state index in [1.807, 2.05) is 12.1 Å². The lowest BCUT2D eigenvalue weighted by Crippen LogP contribution is -2.16. The SMILES string of the molecule is CCc1nc(C(C)(C)C)c2ccccc2n1. The van der Waals surface area contributed by atoms with Gasteiger partial charge < -0.3 is 0 Å². The zero-order chi connectivity index (χ0) is 11.8. The van der Waals surface area contributed by atoms with Crippen LogP contribution in [0.2, 0.25) is 0 Å². The van der Waals surface area contributed by atoms with Gasteiger partial charge in [0.15, 0.2) is 0 Å². The molecule has 0 unspecified atom stereocenters.